The molecular formula is C18H20ClNO4. The lowest BCUT2D eigenvalue weighted by Gasteiger charge is -2.10. The summed E-state index contributed by atoms with van der Waals surface area (Å²) < 4.78 is 15.5. The third-order valence-corrected chi connectivity index (χ3v) is 3.62. The maximum Gasteiger partial charge on any atom is 0.228 e. The number of ether oxygens (including phenoxy) is 3. The lowest BCUT2D eigenvalue weighted by Crippen LogP contribution is -2.14. The van der Waals surface area contributed by atoms with Crippen LogP contribution < -0.4 is 14.8 Å². The molecule has 128 valence electrons. The smallest absolute Gasteiger partial charge is 0.228 e. The largest absolute Gasteiger partial charge is 0.497 e. The molecule has 0 unspecified atom stereocenters. The van der Waals surface area contributed by atoms with E-state index in [1.165, 1.54) is 0 Å². The van der Waals surface area contributed by atoms with Crippen LogP contribution in [0.4, 0.5) is 5.69 Å². The van der Waals surface area contributed by atoms with Crippen LogP contribution in [-0.4, -0.2) is 33.3 Å². The minimum absolute atomic E-state index is 0.154. The van der Waals surface area contributed by atoms with Gasteiger partial charge >= 0.3 is 0 Å². The van der Waals surface area contributed by atoms with Gasteiger partial charge in [-0.15, -0.1) is 0 Å². The molecule has 0 aromatic heterocycles. The van der Waals surface area contributed by atoms with E-state index in [9.17, 15) is 4.79 Å². The van der Waals surface area contributed by atoms with E-state index in [1.54, 1.807) is 32.4 Å². The molecule has 1 amide bonds. The van der Waals surface area contributed by atoms with Crippen LogP contribution in [-0.2, 0) is 16.0 Å². The molecule has 0 aliphatic heterocycles. The molecule has 2 aromatic rings. The summed E-state index contributed by atoms with van der Waals surface area (Å²) in [5, 5.41) is 3.26. The van der Waals surface area contributed by atoms with E-state index in [0.717, 1.165) is 11.3 Å². The summed E-state index contributed by atoms with van der Waals surface area (Å²) in [4.78, 5) is 12.2. The Hall–Kier alpha value is -2.24. The van der Waals surface area contributed by atoms with Gasteiger partial charge in [-0.05, 0) is 29.8 Å². The van der Waals surface area contributed by atoms with Gasteiger partial charge in [0.2, 0.25) is 5.91 Å². The van der Waals surface area contributed by atoms with Crippen molar-refractivity contribution in [2.24, 2.45) is 0 Å². The van der Waals surface area contributed by atoms with Gasteiger partial charge in [0.1, 0.15) is 18.1 Å². The van der Waals surface area contributed by atoms with Crippen molar-refractivity contribution >= 4 is 23.2 Å². The molecule has 0 radical (unpaired) electrons. The van der Waals surface area contributed by atoms with E-state index in [4.69, 9.17) is 25.8 Å². The standard InChI is InChI=1S/C18H20ClNO4/c1-22-9-10-24-14-5-3-13(4-6-14)11-18(21)20-17-12-15(23-2)7-8-16(17)19/h3-8,12H,9-11H2,1-2H3,(H,20,21). The number of rotatable bonds is 8. The van der Waals surface area contributed by atoms with Gasteiger partial charge in [-0.2, -0.15) is 0 Å². The van der Waals surface area contributed by atoms with Gasteiger partial charge in [0, 0.05) is 13.2 Å². The summed E-state index contributed by atoms with van der Waals surface area (Å²) in [5.74, 6) is 1.22. The summed E-state index contributed by atoms with van der Waals surface area (Å²) in [5.41, 5.74) is 1.41. The Morgan fingerprint density at radius 1 is 1.04 bits per heavy atom. The predicted molar refractivity (Wildman–Crippen MR) is 94.2 cm³/mol. The van der Waals surface area contributed by atoms with Gasteiger partial charge in [0.15, 0.2) is 0 Å². The third kappa shape index (κ3) is 5.44. The second kappa shape index (κ2) is 9.15. The highest BCUT2D eigenvalue weighted by molar-refractivity contribution is 6.33. The first-order valence-electron chi connectivity index (χ1n) is 7.46. The molecule has 0 saturated carbocycles. The Labute approximate surface area is 146 Å². The van der Waals surface area contributed by atoms with Gasteiger partial charge in [0.05, 0.1) is 30.8 Å². The number of hydrogen-bond donors (Lipinski definition) is 1. The fourth-order valence-corrected chi connectivity index (χ4v) is 2.22. The van der Waals surface area contributed by atoms with Crippen molar-refractivity contribution in [1.29, 1.82) is 0 Å². The van der Waals surface area contributed by atoms with Crippen LogP contribution in [0.2, 0.25) is 5.02 Å². The topological polar surface area (TPSA) is 56.8 Å². The Balaban J connectivity index is 1.92. The lowest BCUT2D eigenvalue weighted by molar-refractivity contribution is -0.115. The molecule has 0 fully saturated rings. The van der Waals surface area contributed by atoms with Crippen molar-refractivity contribution < 1.29 is 19.0 Å². The minimum atomic E-state index is -0.154. The molecule has 6 heteroatoms. The summed E-state index contributed by atoms with van der Waals surface area (Å²) in [7, 11) is 3.19. The maximum atomic E-state index is 12.2. The normalized spacial score (nSPS) is 10.3. The highest BCUT2D eigenvalue weighted by Gasteiger charge is 2.08. The van der Waals surface area contributed by atoms with E-state index in [0.29, 0.717) is 29.7 Å². The van der Waals surface area contributed by atoms with Crippen LogP contribution in [0.1, 0.15) is 5.56 Å². The van der Waals surface area contributed by atoms with E-state index in [-0.39, 0.29) is 12.3 Å². The van der Waals surface area contributed by atoms with Gasteiger partial charge < -0.3 is 19.5 Å². The van der Waals surface area contributed by atoms with Crippen LogP contribution in [0.25, 0.3) is 0 Å². The van der Waals surface area contributed by atoms with Crippen LogP contribution in [0, 0.1) is 0 Å². The van der Waals surface area contributed by atoms with Crippen LogP contribution in [0.15, 0.2) is 42.5 Å². The average Bonchev–Trinajstić information content (AvgIpc) is 2.58. The monoisotopic (exact) mass is 349 g/mol. The molecule has 0 saturated heterocycles. The third-order valence-electron chi connectivity index (χ3n) is 3.29. The Bertz CT molecular complexity index is 673. The lowest BCUT2D eigenvalue weighted by atomic mass is 10.1. The molecule has 0 heterocycles. The highest BCUT2D eigenvalue weighted by Crippen LogP contribution is 2.26. The molecule has 0 atom stereocenters. The first-order valence-corrected chi connectivity index (χ1v) is 7.84. The van der Waals surface area contributed by atoms with Crippen molar-refractivity contribution in [1.82, 2.24) is 0 Å². The quantitative estimate of drug-likeness (QED) is 0.740. The zero-order valence-electron chi connectivity index (χ0n) is 13.7. The minimum Gasteiger partial charge on any atom is -0.497 e. The number of benzene rings is 2. The first kappa shape index (κ1) is 18.1. The number of carbonyl (C=O) groups excluding carboxylic acids is 1. The predicted octanol–water partition coefficient (Wildman–Crippen LogP) is 3.56. The summed E-state index contributed by atoms with van der Waals surface area (Å²) in [6.07, 6.45) is 0.242. The number of amides is 1. The fraction of sp³-hybridized carbons (Fsp3) is 0.278. The van der Waals surface area contributed by atoms with Gasteiger partial charge in [-0.3, -0.25) is 4.79 Å². The zero-order chi connectivity index (χ0) is 17.4. The highest BCUT2D eigenvalue weighted by atomic mass is 35.5. The second-order valence-electron chi connectivity index (χ2n) is 5.06. The molecule has 0 aliphatic carbocycles. The van der Waals surface area contributed by atoms with E-state index in [2.05, 4.69) is 5.32 Å². The van der Waals surface area contributed by atoms with Crippen molar-refractivity contribution in [3.05, 3.63) is 53.1 Å². The van der Waals surface area contributed by atoms with Crippen LogP contribution in [0.3, 0.4) is 0 Å². The summed E-state index contributed by atoms with van der Waals surface area (Å²) in [6.45, 7) is 1.02. The van der Waals surface area contributed by atoms with Gasteiger partial charge in [-0.25, -0.2) is 0 Å². The Morgan fingerprint density at radius 3 is 2.42 bits per heavy atom. The van der Waals surface area contributed by atoms with Crippen molar-refractivity contribution in [3.63, 3.8) is 0 Å². The van der Waals surface area contributed by atoms with Gasteiger partial charge in [0.25, 0.3) is 0 Å². The molecule has 0 spiro atoms. The van der Waals surface area contributed by atoms with Crippen LogP contribution in [0.5, 0.6) is 11.5 Å². The molecule has 24 heavy (non-hydrogen) atoms. The Morgan fingerprint density at radius 2 is 1.75 bits per heavy atom. The number of nitrogens with one attached hydrogen (secondary N) is 1. The van der Waals surface area contributed by atoms with Crippen molar-refractivity contribution in [3.8, 4) is 11.5 Å². The van der Waals surface area contributed by atoms with Crippen molar-refractivity contribution in [2.45, 2.75) is 6.42 Å². The van der Waals surface area contributed by atoms with Crippen molar-refractivity contribution in [2.75, 3.05) is 32.8 Å². The Kier molecular flexibility index (Phi) is 6.90. The molecule has 1 N–H and O–H groups in total. The van der Waals surface area contributed by atoms with E-state index < -0.39 is 0 Å². The van der Waals surface area contributed by atoms with E-state index >= 15 is 0 Å². The van der Waals surface area contributed by atoms with Crippen LogP contribution >= 0.6 is 11.6 Å². The number of methoxy groups -OCH3 is 2. The number of halogens is 1. The number of carbonyl (C=O) groups is 1. The fourth-order valence-electron chi connectivity index (χ4n) is 2.05. The molecular weight excluding hydrogens is 330 g/mol. The average molecular weight is 350 g/mol. The first-order chi connectivity index (χ1) is 11.6. The molecule has 0 aliphatic rings. The molecule has 0 bridgehead atoms. The number of hydrogen-bond acceptors (Lipinski definition) is 4. The SMILES string of the molecule is COCCOc1ccc(CC(=O)Nc2cc(OC)ccc2Cl)cc1. The summed E-state index contributed by atoms with van der Waals surface area (Å²) in [6, 6.07) is 12.5. The maximum absolute atomic E-state index is 12.2. The second-order valence-corrected chi connectivity index (χ2v) is 5.46. The van der Waals surface area contributed by atoms with Gasteiger partial charge in [-0.1, -0.05) is 23.7 Å². The van der Waals surface area contributed by atoms with E-state index in [1.807, 2.05) is 24.3 Å². The molecule has 2 rings (SSSR count). The zero-order valence-corrected chi connectivity index (χ0v) is 14.4. The number of anilines is 1. The summed E-state index contributed by atoms with van der Waals surface area (Å²) >= 11 is 6.08. The molecule has 5 nitrogen and oxygen atoms in total. The molecule has 2 aromatic carbocycles.